The third-order valence-electron chi connectivity index (χ3n) is 2.84. The van der Waals surface area contributed by atoms with E-state index in [1.54, 1.807) is 13.2 Å². The first-order valence-corrected chi connectivity index (χ1v) is 6.82. The zero-order valence-electron chi connectivity index (χ0n) is 11.0. The maximum Gasteiger partial charge on any atom is 0.0895 e. The molecule has 1 N–H and O–H groups in total. The van der Waals surface area contributed by atoms with Gasteiger partial charge in [0.05, 0.1) is 17.1 Å². The number of aromatic nitrogens is 1. The first-order chi connectivity index (χ1) is 9.11. The van der Waals surface area contributed by atoms with E-state index < -0.39 is 0 Å². The minimum atomic E-state index is 0.587. The van der Waals surface area contributed by atoms with E-state index in [2.05, 4.69) is 16.4 Å². The Morgan fingerprint density at radius 2 is 2.05 bits per heavy atom. The Morgan fingerprint density at radius 1 is 1.26 bits per heavy atom. The number of benzene rings is 1. The fraction of sp³-hybridized carbons (Fsp3) is 0.357. The van der Waals surface area contributed by atoms with E-state index in [4.69, 9.17) is 27.9 Å². The van der Waals surface area contributed by atoms with E-state index in [1.165, 1.54) is 0 Å². The molecule has 2 aromatic rings. The van der Waals surface area contributed by atoms with Gasteiger partial charge in [0.25, 0.3) is 0 Å². The summed E-state index contributed by atoms with van der Waals surface area (Å²) in [6.07, 6.45) is 0. The summed E-state index contributed by atoms with van der Waals surface area (Å²) in [4.78, 5) is 4.48. The van der Waals surface area contributed by atoms with Gasteiger partial charge in [0.1, 0.15) is 0 Å². The molecule has 0 radical (unpaired) electrons. The number of aryl methyl sites for hydroxylation is 1. The maximum absolute atomic E-state index is 6.20. The van der Waals surface area contributed by atoms with Crippen LogP contribution in [-0.2, 0) is 11.3 Å². The first-order valence-electron chi connectivity index (χ1n) is 6.06. The van der Waals surface area contributed by atoms with Gasteiger partial charge in [-0.1, -0.05) is 23.2 Å². The van der Waals surface area contributed by atoms with Gasteiger partial charge in [-0.2, -0.15) is 0 Å². The molecule has 1 aromatic carbocycles. The second kappa shape index (κ2) is 6.53. The van der Waals surface area contributed by atoms with Crippen LogP contribution in [0, 0.1) is 6.92 Å². The molecule has 0 fully saturated rings. The Balaban J connectivity index is 2.36. The summed E-state index contributed by atoms with van der Waals surface area (Å²) in [6, 6.07) is 5.68. The molecule has 1 aromatic heterocycles. The van der Waals surface area contributed by atoms with Crippen molar-refractivity contribution in [3.05, 3.63) is 39.5 Å². The fourth-order valence-electron chi connectivity index (χ4n) is 2.01. The van der Waals surface area contributed by atoms with Gasteiger partial charge in [-0.25, -0.2) is 0 Å². The van der Waals surface area contributed by atoms with Crippen molar-refractivity contribution in [2.24, 2.45) is 0 Å². The van der Waals surface area contributed by atoms with Gasteiger partial charge in [0.15, 0.2) is 0 Å². The molecule has 19 heavy (non-hydrogen) atoms. The molecule has 0 unspecified atom stereocenters. The van der Waals surface area contributed by atoms with Gasteiger partial charge in [0.2, 0.25) is 0 Å². The lowest BCUT2D eigenvalue weighted by molar-refractivity contribution is 0.199. The molecule has 0 amide bonds. The Labute approximate surface area is 122 Å². The summed E-state index contributed by atoms with van der Waals surface area (Å²) < 4.78 is 5.01. The number of hydrogen-bond acceptors (Lipinski definition) is 3. The number of nitrogens with zero attached hydrogens (tertiary/aromatic N) is 1. The predicted molar refractivity (Wildman–Crippen MR) is 80.1 cm³/mol. The standard InChI is InChI=1S/C14H16Cl2N2O/c1-9-5-10(8-17-3-4-19-2)12-6-11(15)7-13(16)14(12)18-9/h5-7,17H,3-4,8H2,1-2H3. The predicted octanol–water partition coefficient (Wildman–Crippen LogP) is 3.59. The highest BCUT2D eigenvalue weighted by molar-refractivity contribution is 6.38. The second-order valence-electron chi connectivity index (χ2n) is 4.38. The SMILES string of the molecule is COCCNCc1cc(C)nc2c(Cl)cc(Cl)cc12. The molecule has 1 heterocycles. The molecular formula is C14H16Cl2N2O. The monoisotopic (exact) mass is 298 g/mol. The van der Waals surface area contributed by atoms with Crippen molar-refractivity contribution in [2.75, 3.05) is 20.3 Å². The van der Waals surface area contributed by atoms with E-state index in [0.717, 1.165) is 35.2 Å². The van der Waals surface area contributed by atoms with Crippen LogP contribution in [0.1, 0.15) is 11.3 Å². The van der Waals surface area contributed by atoms with Gasteiger partial charge in [-0.3, -0.25) is 4.98 Å². The van der Waals surface area contributed by atoms with Crippen LogP contribution in [0.4, 0.5) is 0 Å². The zero-order valence-corrected chi connectivity index (χ0v) is 12.5. The average Bonchev–Trinajstić information content (AvgIpc) is 2.36. The molecule has 0 spiro atoms. The molecule has 5 heteroatoms. The van der Waals surface area contributed by atoms with Crippen LogP contribution in [0.3, 0.4) is 0 Å². The Hall–Kier alpha value is -0.870. The minimum Gasteiger partial charge on any atom is -0.383 e. The second-order valence-corrected chi connectivity index (χ2v) is 5.22. The molecule has 0 atom stereocenters. The average molecular weight is 299 g/mol. The van der Waals surface area contributed by atoms with Crippen LogP contribution in [0.15, 0.2) is 18.2 Å². The molecular weight excluding hydrogens is 283 g/mol. The largest absolute Gasteiger partial charge is 0.383 e. The van der Waals surface area contributed by atoms with Crippen LogP contribution < -0.4 is 5.32 Å². The van der Waals surface area contributed by atoms with Gasteiger partial charge in [-0.05, 0) is 30.7 Å². The number of fused-ring (bicyclic) bond motifs is 1. The van der Waals surface area contributed by atoms with E-state index in [-0.39, 0.29) is 0 Å². The molecule has 102 valence electrons. The number of methoxy groups -OCH3 is 1. The molecule has 3 nitrogen and oxygen atoms in total. The van der Waals surface area contributed by atoms with Crippen LogP contribution in [-0.4, -0.2) is 25.2 Å². The molecule has 0 aliphatic carbocycles. The molecule has 0 aliphatic rings. The van der Waals surface area contributed by atoms with Crippen molar-refractivity contribution in [3.8, 4) is 0 Å². The number of nitrogens with one attached hydrogen (secondary N) is 1. The van der Waals surface area contributed by atoms with Gasteiger partial charge < -0.3 is 10.1 Å². The number of pyridine rings is 1. The quantitative estimate of drug-likeness (QED) is 0.857. The van der Waals surface area contributed by atoms with Crippen LogP contribution >= 0.6 is 23.2 Å². The van der Waals surface area contributed by atoms with Crippen molar-refractivity contribution in [1.82, 2.24) is 10.3 Å². The summed E-state index contributed by atoms with van der Waals surface area (Å²) >= 11 is 12.3. The van der Waals surface area contributed by atoms with Gasteiger partial charge >= 0.3 is 0 Å². The summed E-state index contributed by atoms with van der Waals surface area (Å²) in [5.41, 5.74) is 2.89. The van der Waals surface area contributed by atoms with Crippen LogP contribution in [0.5, 0.6) is 0 Å². The lowest BCUT2D eigenvalue weighted by Gasteiger charge is -2.10. The van der Waals surface area contributed by atoms with Gasteiger partial charge in [0, 0.05) is 36.3 Å². The lowest BCUT2D eigenvalue weighted by Crippen LogP contribution is -2.18. The third kappa shape index (κ3) is 3.57. The third-order valence-corrected chi connectivity index (χ3v) is 3.35. The topological polar surface area (TPSA) is 34.1 Å². The summed E-state index contributed by atoms with van der Waals surface area (Å²) in [5, 5.41) is 5.53. The highest BCUT2D eigenvalue weighted by Gasteiger charge is 2.08. The summed E-state index contributed by atoms with van der Waals surface area (Å²) in [5.74, 6) is 0. The number of ether oxygens (including phenoxy) is 1. The molecule has 0 saturated heterocycles. The maximum atomic E-state index is 6.20. The van der Waals surface area contributed by atoms with Crippen LogP contribution in [0.25, 0.3) is 10.9 Å². The fourth-order valence-corrected chi connectivity index (χ4v) is 2.54. The van der Waals surface area contributed by atoms with Crippen molar-refractivity contribution in [3.63, 3.8) is 0 Å². The first kappa shape index (κ1) is 14.5. The highest BCUT2D eigenvalue weighted by atomic mass is 35.5. The van der Waals surface area contributed by atoms with Crippen molar-refractivity contribution < 1.29 is 4.74 Å². The van der Waals surface area contributed by atoms with E-state index in [1.807, 2.05) is 13.0 Å². The Kier molecular flexibility index (Phi) is 4.99. The Bertz CT molecular complexity index is 587. The summed E-state index contributed by atoms with van der Waals surface area (Å²) in [7, 11) is 1.69. The van der Waals surface area contributed by atoms with Gasteiger partial charge in [-0.15, -0.1) is 0 Å². The zero-order chi connectivity index (χ0) is 13.8. The van der Waals surface area contributed by atoms with E-state index in [0.29, 0.717) is 16.7 Å². The summed E-state index contributed by atoms with van der Waals surface area (Å²) in [6.45, 7) is 4.18. The number of halogens is 2. The highest BCUT2D eigenvalue weighted by Crippen LogP contribution is 2.29. The van der Waals surface area contributed by atoms with E-state index >= 15 is 0 Å². The number of rotatable bonds is 5. The number of hydrogen-bond donors (Lipinski definition) is 1. The minimum absolute atomic E-state index is 0.587. The molecule has 0 bridgehead atoms. The van der Waals surface area contributed by atoms with Crippen LogP contribution in [0.2, 0.25) is 10.0 Å². The Morgan fingerprint density at radius 3 is 2.79 bits per heavy atom. The molecule has 2 rings (SSSR count). The van der Waals surface area contributed by atoms with Crippen molar-refractivity contribution in [1.29, 1.82) is 0 Å². The van der Waals surface area contributed by atoms with E-state index in [9.17, 15) is 0 Å². The van der Waals surface area contributed by atoms with Crippen molar-refractivity contribution >= 4 is 34.1 Å². The molecule has 0 aliphatic heterocycles. The smallest absolute Gasteiger partial charge is 0.0895 e. The molecule has 0 saturated carbocycles. The lowest BCUT2D eigenvalue weighted by atomic mass is 10.1. The van der Waals surface area contributed by atoms with Crippen molar-refractivity contribution in [2.45, 2.75) is 13.5 Å². The normalized spacial score (nSPS) is 11.2.